The van der Waals surface area contributed by atoms with E-state index in [1.807, 2.05) is 0 Å². The van der Waals surface area contributed by atoms with Gasteiger partial charge in [0.2, 0.25) is 0 Å². The quantitative estimate of drug-likeness (QED) is 0.460. The van der Waals surface area contributed by atoms with Gasteiger partial charge in [0, 0.05) is 0 Å². The molecule has 0 radical (unpaired) electrons. The molecular weight excluding hydrogens is 274 g/mol. The van der Waals surface area contributed by atoms with Gasteiger partial charge in [0.05, 0.1) is 26.2 Å². The Kier molecular flexibility index (Phi) is 7.90. The summed E-state index contributed by atoms with van der Waals surface area (Å²) in [5.41, 5.74) is 0. The third-order valence-corrected chi connectivity index (χ3v) is 1.80. The van der Waals surface area contributed by atoms with Gasteiger partial charge in [-0.05, 0) is 5.92 Å². The number of carboxylic acid groups (broad SMARTS) is 2. The van der Waals surface area contributed by atoms with Gasteiger partial charge in [-0.3, -0.25) is 19.3 Å². The number of nitrogens with zero attached hydrogens (tertiary/aromatic N) is 1. The molecule has 0 saturated heterocycles. The van der Waals surface area contributed by atoms with Crippen LogP contribution in [0.4, 0.5) is 4.79 Å². The van der Waals surface area contributed by atoms with Crippen LogP contribution >= 0.6 is 0 Å². The lowest BCUT2D eigenvalue weighted by Gasteiger charge is -2.16. The Labute approximate surface area is 115 Å². The molecule has 9 nitrogen and oxygen atoms in total. The van der Waals surface area contributed by atoms with Crippen molar-refractivity contribution in [1.82, 2.24) is 4.90 Å². The summed E-state index contributed by atoms with van der Waals surface area (Å²) in [6.07, 6.45) is -1.20. The molecule has 0 aromatic heterocycles. The Morgan fingerprint density at radius 2 is 1.50 bits per heavy atom. The van der Waals surface area contributed by atoms with Crippen LogP contribution in [0.15, 0.2) is 0 Å². The predicted octanol–water partition coefficient (Wildman–Crippen LogP) is -0.207. The van der Waals surface area contributed by atoms with Gasteiger partial charge in [-0.25, -0.2) is 4.79 Å². The molecule has 114 valence electrons. The number of ether oxygens (including phenoxy) is 2. The smallest absolute Gasteiger partial charge is 0.480 e. The Balaban J connectivity index is 4.27. The predicted molar refractivity (Wildman–Crippen MR) is 64.0 cm³/mol. The van der Waals surface area contributed by atoms with E-state index in [4.69, 9.17) is 10.2 Å². The molecule has 0 heterocycles. The van der Waals surface area contributed by atoms with E-state index in [1.54, 1.807) is 13.8 Å². The van der Waals surface area contributed by atoms with Crippen LogP contribution in [0, 0.1) is 5.92 Å². The minimum absolute atomic E-state index is 0.0631. The summed E-state index contributed by atoms with van der Waals surface area (Å²) < 4.78 is 8.85. The molecule has 0 unspecified atom stereocenters. The molecular formula is C11H17NO8. The SMILES string of the molecule is CC(C)COC(=O)OC(=O)CN(CC(=O)O)CC(=O)O. The Morgan fingerprint density at radius 1 is 1.00 bits per heavy atom. The zero-order valence-corrected chi connectivity index (χ0v) is 11.2. The van der Waals surface area contributed by atoms with Crippen molar-refractivity contribution in [2.75, 3.05) is 26.2 Å². The van der Waals surface area contributed by atoms with Crippen molar-refractivity contribution in [3.05, 3.63) is 0 Å². The van der Waals surface area contributed by atoms with Crippen LogP contribution in [-0.4, -0.2) is 65.4 Å². The molecule has 0 rings (SSSR count). The number of aliphatic carboxylic acids is 2. The Bertz CT molecular complexity index is 363. The monoisotopic (exact) mass is 291 g/mol. The van der Waals surface area contributed by atoms with Crippen molar-refractivity contribution in [2.45, 2.75) is 13.8 Å². The molecule has 0 aliphatic heterocycles. The van der Waals surface area contributed by atoms with E-state index in [9.17, 15) is 19.2 Å². The van der Waals surface area contributed by atoms with Crippen LogP contribution in [0.5, 0.6) is 0 Å². The molecule has 0 aromatic carbocycles. The standard InChI is InChI=1S/C11H17NO8/c1-7(2)6-19-11(18)20-10(17)5-12(3-8(13)14)4-9(15)16/h7H,3-6H2,1-2H3,(H,13,14)(H,15,16). The normalized spacial score (nSPS) is 10.4. The first-order valence-corrected chi connectivity index (χ1v) is 5.74. The summed E-state index contributed by atoms with van der Waals surface area (Å²) >= 11 is 0. The van der Waals surface area contributed by atoms with Gasteiger partial charge in [0.25, 0.3) is 0 Å². The summed E-state index contributed by atoms with van der Waals surface area (Å²) in [7, 11) is 0. The van der Waals surface area contributed by atoms with Gasteiger partial charge in [-0.2, -0.15) is 0 Å². The fourth-order valence-corrected chi connectivity index (χ4v) is 1.12. The van der Waals surface area contributed by atoms with Crippen molar-refractivity contribution in [3.63, 3.8) is 0 Å². The summed E-state index contributed by atoms with van der Waals surface area (Å²) in [4.78, 5) is 44.2. The molecule has 0 atom stereocenters. The molecule has 0 amide bonds. The molecule has 0 aromatic rings. The fourth-order valence-electron chi connectivity index (χ4n) is 1.12. The maximum atomic E-state index is 11.3. The lowest BCUT2D eigenvalue weighted by Crippen LogP contribution is -2.39. The van der Waals surface area contributed by atoms with Gasteiger partial charge < -0.3 is 19.7 Å². The molecule has 9 heteroatoms. The molecule has 0 spiro atoms. The zero-order valence-electron chi connectivity index (χ0n) is 11.2. The average molecular weight is 291 g/mol. The van der Waals surface area contributed by atoms with Crippen LogP contribution in [0.1, 0.15) is 13.8 Å². The molecule has 0 saturated carbocycles. The summed E-state index contributed by atoms with van der Waals surface area (Å²) in [5, 5.41) is 17.1. The summed E-state index contributed by atoms with van der Waals surface area (Å²) in [6.45, 7) is 1.67. The lowest BCUT2D eigenvalue weighted by molar-refractivity contribution is -0.145. The van der Waals surface area contributed by atoms with Gasteiger partial charge >= 0.3 is 24.1 Å². The highest BCUT2D eigenvalue weighted by Gasteiger charge is 2.20. The molecule has 20 heavy (non-hydrogen) atoms. The lowest BCUT2D eigenvalue weighted by atomic mass is 10.2. The van der Waals surface area contributed by atoms with Crippen molar-refractivity contribution in [1.29, 1.82) is 0 Å². The highest BCUT2D eigenvalue weighted by atomic mass is 16.7. The van der Waals surface area contributed by atoms with Crippen LogP contribution in [0.3, 0.4) is 0 Å². The summed E-state index contributed by atoms with van der Waals surface area (Å²) in [6, 6.07) is 0. The maximum Gasteiger partial charge on any atom is 0.516 e. The van der Waals surface area contributed by atoms with E-state index in [-0.39, 0.29) is 12.5 Å². The van der Waals surface area contributed by atoms with Crippen molar-refractivity contribution in [3.8, 4) is 0 Å². The Morgan fingerprint density at radius 3 is 1.90 bits per heavy atom. The van der Waals surface area contributed by atoms with Crippen molar-refractivity contribution >= 4 is 24.1 Å². The van der Waals surface area contributed by atoms with Gasteiger partial charge in [-0.15, -0.1) is 0 Å². The second-order valence-electron chi connectivity index (χ2n) is 4.36. The van der Waals surface area contributed by atoms with E-state index in [2.05, 4.69) is 9.47 Å². The minimum atomic E-state index is -1.30. The number of esters is 1. The van der Waals surface area contributed by atoms with Crippen LogP contribution in [0.25, 0.3) is 0 Å². The first-order chi connectivity index (χ1) is 9.20. The molecule has 0 aliphatic carbocycles. The molecule has 0 fully saturated rings. The van der Waals surface area contributed by atoms with Crippen molar-refractivity contribution < 1.29 is 38.9 Å². The Hall–Kier alpha value is -2.16. The number of hydrogen-bond acceptors (Lipinski definition) is 7. The third kappa shape index (κ3) is 9.83. The maximum absolute atomic E-state index is 11.3. The van der Waals surface area contributed by atoms with E-state index in [1.165, 1.54) is 0 Å². The van der Waals surface area contributed by atoms with E-state index in [0.717, 1.165) is 4.90 Å². The number of carbonyl (C=O) groups excluding carboxylic acids is 2. The summed E-state index contributed by atoms with van der Waals surface area (Å²) in [5.74, 6) is -3.63. The second-order valence-corrected chi connectivity index (χ2v) is 4.36. The highest BCUT2D eigenvalue weighted by molar-refractivity contribution is 5.84. The van der Waals surface area contributed by atoms with Crippen LogP contribution < -0.4 is 0 Å². The fraction of sp³-hybridized carbons (Fsp3) is 0.636. The van der Waals surface area contributed by atoms with Crippen LogP contribution in [0.2, 0.25) is 0 Å². The van der Waals surface area contributed by atoms with E-state index in [0.29, 0.717) is 0 Å². The van der Waals surface area contributed by atoms with Crippen LogP contribution in [-0.2, 0) is 23.9 Å². The number of carbonyl (C=O) groups is 4. The van der Waals surface area contributed by atoms with Gasteiger partial charge in [-0.1, -0.05) is 13.8 Å². The van der Waals surface area contributed by atoms with E-state index < -0.39 is 43.7 Å². The largest absolute Gasteiger partial charge is 0.516 e. The van der Waals surface area contributed by atoms with Gasteiger partial charge in [0.1, 0.15) is 0 Å². The number of carboxylic acids is 2. The molecule has 0 bridgehead atoms. The van der Waals surface area contributed by atoms with E-state index >= 15 is 0 Å². The first kappa shape index (κ1) is 17.8. The topological polar surface area (TPSA) is 130 Å². The minimum Gasteiger partial charge on any atom is -0.480 e. The molecule has 0 aliphatic rings. The molecule has 2 N–H and O–H groups in total. The first-order valence-electron chi connectivity index (χ1n) is 5.74. The highest BCUT2D eigenvalue weighted by Crippen LogP contribution is 1.97. The number of hydrogen-bond donors (Lipinski definition) is 2. The number of rotatable bonds is 8. The third-order valence-electron chi connectivity index (χ3n) is 1.80. The zero-order chi connectivity index (χ0) is 15.7. The van der Waals surface area contributed by atoms with Crippen molar-refractivity contribution in [2.24, 2.45) is 5.92 Å². The average Bonchev–Trinajstić information content (AvgIpc) is 2.23. The van der Waals surface area contributed by atoms with Gasteiger partial charge in [0.15, 0.2) is 0 Å². The second kappa shape index (κ2) is 8.86.